The van der Waals surface area contributed by atoms with Crippen LogP contribution in [0.15, 0.2) is 72.9 Å². The first-order valence-corrected chi connectivity index (χ1v) is 13.8. The van der Waals surface area contributed by atoms with Gasteiger partial charge in [-0.1, -0.05) is 36.4 Å². The van der Waals surface area contributed by atoms with Crippen LogP contribution in [0, 0.1) is 11.6 Å². The third-order valence-electron chi connectivity index (χ3n) is 6.81. The van der Waals surface area contributed by atoms with E-state index in [-0.39, 0.29) is 25.7 Å². The summed E-state index contributed by atoms with van der Waals surface area (Å²) in [5.74, 6) is -3.34. The number of pyridine rings is 1. The van der Waals surface area contributed by atoms with Crippen LogP contribution in [0.5, 0.6) is 0 Å². The molecule has 1 fully saturated rings. The monoisotopic (exact) mass is 606 g/mol. The van der Waals surface area contributed by atoms with Crippen molar-refractivity contribution in [3.8, 4) is 0 Å². The van der Waals surface area contributed by atoms with Gasteiger partial charge in [0, 0.05) is 6.20 Å². The molecule has 1 aliphatic heterocycles. The van der Waals surface area contributed by atoms with E-state index in [4.69, 9.17) is 17.0 Å². The molecule has 0 unspecified atom stereocenters. The van der Waals surface area contributed by atoms with Crippen molar-refractivity contribution in [2.75, 3.05) is 31.6 Å². The van der Waals surface area contributed by atoms with Crippen molar-refractivity contribution in [2.24, 2.45) is 0 Å². The van der Waals surface area contributed by atoms with Gasteiger partial charge in [0.25, 0.3) is 0 Å². The molecule has 1 saturated heterocycles. The molecule has 3 atom stereocenters. The molecule has 1 aromatic heterocycles. The molecule has 3 aromatic rings. The summed E-state index contributed by atoms with van der Waals surface area (Å²) >= 11 is 0. The fourth-order valence-electron chi connectivity index (χ4n) is 4.54. The van der Waals surface area contributed by atoms with Gasteiger partial charge in [-0.25, -0.2) is 4.98 Å². The van der Waals surface area contributed by atoms with Crippen LogP contribution in [-0.4, -0.2) is 90.5 Å². The van der Waals surface area contributed by atoms with Crippen LogP contribution in [0.4, 0.5) is 19.4 Å². The fourth-order valence-corrected chi connectivity index (χ4v) is 4.54. The zero-order valence-corrected chi connectivity index (χ0v) is 23.6. The average molecular weight is 606 g/mol. The molecule has 2 aromatic carbocycles. The van der Waals surface area contributed by atoms with Crippen LogP contribution in [-0.2, 0) is 20.9 Å². The molecule has 11 nitrogen and oxygen atoms in total. The summed E-state index contributed by atoms with van der Waals surface area (Å²) in [7, 11) is 5.42. The number of nitrogens with zero attached hydrogens (tertiary/aromatic N) is 2. The average Bonchev–Trinajstić information content (AvgIpc) is 3.44. The molecule has 229 valence electrons. The SMILES string of the molecule is [B]=C(O)[C@H](CNC(=O)CO[C@@H]1C[C@@H](CNc2ccccn2)N(C(=O)OCc2ccccc2)C1)NC(=O)c1c(F)cccc1F. The van der Waals surface area contributed by atoms with Gasteiger partial charge in [-0.05, 0) is 17.7 Å². The Bertz CT molecular complexity index is 1430. The zero-order valence-electron chi connectivity index (χ0n) is 23.6. The van der Waals surface area contributed by atoms with E-state index in [1.165, 1.54) is 4.90 Å². The summed E-state index contributed by atoms with van der Waals surface area (Å²) in [6.45, 7) is -0.174. The van der Waals surface area contributed by atoms with Crippen LogP contribution in [0.2, 0.25) is 0 Å². The van der Waals surface area contributed by atoms with Gasteiger partial charge in [-0.2, -0.15) is 0 Å². The third kappa shape index (κ3) is 9.08. The molecule has 1 radical (unpaired) electrons. The van der Waals surface area contributed by atoms with Crippen molar-refractivity contribution in [1.82, 2.24) is 20.5 Å². The molecular weight excluding hydrogens is 575 g/mol. The Morgan fingerprint density at radius 1 is 1.05 bits per heavy atom. The Labute approximate surface area is 253 Å². The van der Waals surface area contributed by atoms with Crippen molar-refractivity contribution in [3.63, 3.8) is 0 Å². The van der Waals surface area contributed by atoms with E-state index in [1.807, 2.05) is 36.4 Å². The molecule has 0 aliphatic carbocycles. The number of nitrogens with one attached hydrogen (secondary N) is 3. The standard InChI is InChI=1S/C30H31BF2N5O6/c31-28(40)24(37-29(41)27-22(32)9-6-10-23(27)33)15-36-26(39)18-43-21-13-20(14-35-25-11-4-5-12-34-25)38(16-21)30(42)44-17-19-7-2-1-3-8-19/h1-12,20-21,24,40H,13-18H2,(H,34,35)(H,36,39)(H,37,41)/t20-,21+,24-/m0/s1. The van der Waals surface area contributed by atoms with E-state index in [1.54, 1.807) is 18.3 Å². The molecule has 0 spiro atoms. The summed E-state index contributed by atoms with van der Waals surface area (Å²) < 4.78 is 39.2. The number of likely N-dealkylation sites (tertiary alicyclic amines) is 1. The van der Waals surface area contributed by atoms with E-state index in [9.17, 15) is 28.3 Å². The summed E-state index contributed by atoms with van der Waals surface area (Å²) in [5.41, 5.74) is -0.796. The molecule has 0 bridgehead atoms. The van der Waals surface area contributed by atoms with Gasteiger partial charge in [0.2, 0.25) is 0 Å². The number of carbonyl (C=O) groups is 3. The van der Waals surface area contributed by atoms with Gasteiger partial charge >= 0.3 is 176 Å². The molecule has 3 amide bonds. The first-order valence-electron chi connectivity index (χ1n) is 13.8. The molecule has 4 N–H and O–H groups in total. The quantitative estimate of drug-likeness (QED) is 0.217. The van der Waals surface area contributed by atoms with E-state index in [2.05, 4.69) is 20.9 Å². The Morgan fingerprint density at radius 3 is 2.45 bits per heavy atom. The molecule has 14 heteroatoms. The number of aliphatic hydroxyl groups is 1. The van der Waals surface area contributed by atoms with Crippen LogP contribution >= 0.6 is 0 Å². The van der Waals surface area contributed by atoms with Gasteiger partial charge in [-0.15, -0.1) is 0 Å². The minimum atomic E-state index is -1.34. The minimum absolute atomic E-state index is 0.0940. The predicted octanol–water partition coefficient (Wildman–Crippen LogP) is 2.15. The van der Waals surface area contributed by atoms with Gasteiger partial charge in [0.05, 0.1) is 0 Å². The Kier molecular flexibility index (Phi) is 11.4. The second-order valence-corrected chi connectivity index (χ2v) is 9.96. The number of hydrogen-bond acceptors (Lipinski definition) is 8. The number of carbonyl (C=O) groups excluding carboxylic acids is 3. The van der Waals surface area contributed by atoms with Crippen molar-refractivity contribution >= 4 is 36.9 Å². The summed E-state index contributed by atoms with van der Waals surface area (Å²) in [5, 5.41) is 17.6. The third-order valence-corrected chi connectivity index (χ3v) is 6.81. The van der Waals surface area contributed by atoms with Crippen LogP contribution in [0.1, 0.15) is 22.3 Å². The van der Waals surface area contributed by atoms with E-state index in [0.717, 1.165) is 23.8 Å². The number of benzene rings is 2. The first-order chi connectivity index (χ1) is 21.2. The molecule has 1 aliphatic rings. The molecular formula is C30H31BF2N5O6. The number of rotatable bonds is 13. The van der Waals surface area contributed by atoms with Crippen molar-refractivity contribution in [1.29, 1.82) is 0 Å². The number of halogens is 2. The topological polar surface area (TPSA) is 142 Å². The number of aromatic nitrogens is 1. The first kappa shape index (κ1) is 32.1. The zero-order chi connectivity index (χ0) is 31.5. The van der Waals surface area contributed by atoms with Crippen LogP contribution < -0.4 is 16.0 Å². The van der Waals surface area contributed by atoms with Crippen molar-refractivity contribution in [3.05, 3.63) is 95.7 Å². The predicted molar refractivity (Wildman–Crippen MR) is 158 cm³/mol. The van der Waals surface area contributed by atoms with Gasteiger partial charge in [0.15, 0.2) is 0 Å². The number of anilines is 1. The second-order valence-electron chi connectivity index (χ2n) is 9.96. The summed E-state index contributed by atoms with van der Waals surface area (Å²) in [6.07, 6.45) is 1.01. The maximum absolute atomic E-state index is 13.9. The molecule has 44 heavy (non-hydrogen) atoms. The molecule has 4 rings (SSSR count). The second kappa shape index (κ2) is 15.6. The molecule has 2 heterocycles. The Morgan fingerprint density at radius 2 is 1.77 bits per heavy atom. The number of hydrogen-bond donors (Lipinski definition) is 4. The Hall–Kier alpha value is -4.85. The fraction of sp³-hybridized carbons (Fsp3) is 0.300. The van der Waals surface area contributed by atoms with Gasteiger partial charge in [0.1, 0.15) is 12.4 Å². The normalized spacial score (nSPS) is 16.5. The van der Waals surface area contributed by atoms with E-state index < -0.39 is 59.5 Å². The number of aliphatic hydroxyl groups excluding tert-OH is 1. The summed E-state index contributed by atoms with van der Waals surface area (Å²) in [6, 6.07) is 15.9. The van der Waals surface area contributed by atoms with Crippen LogP contribution in [0.25, 0.3) is 0 Å². The number of amides is 3. The van der Waals surface area contributed by atoms with Crippen molar-refractivity contribution < 1.29 is 37.7 Å². The van der Waals surface area contributed by atoms with Gasteiger partial charge < -0.3 is 0 Å². The van der Waals surface area contributed by atoms with Gasteiger partial charge in [-0.3, -0.25) is 0 Å². The Balaban J connectivity index is 1.29. The number of ether oxygens (including phenoxy) is 2. The molecule has 0 saturated carbocycles. The van der Waals surface area contributed by atoms with E-state index in [0.29, 0.717) is 18.8 Å². The van der Waals surface area contributed by atoms with Crippen LogP contribution in [0.3, 0.4) is 0 Å². The summed E-state index contributed by atoms with van der Waals surface area (Å²) in [4.78, 5) is 43.7. The van der Waals surface area contributed by atoms with E-state index >= 15 is 0 Å². The van der Waals surface area contributed by atoms with Crippen molar-refractivity contribution in [2.45, 2.75) is 31.2 Å². The maximum atomic E-state index is 13.9.